The van der Waals surface area contributed by atoms with Crippen molar-refractivity contribution in [1.29, 1.82) is 0 Å². The molecular weight excluding hydrogens is 777 g/mol. The molecule has 0 atom stereocenters. The Bertz CT molecular complexity index is 3610. The molecule has 2 aromatic heterocycles. The number of fused-ring (bicyclic) bond motifs is 6. The number of benzene rings is 10. The number of furan rings is 1. The molecule has 0 saturated heterocycles. The number of para-hydroxylation sites is 3. The normalized spacial score (nSPS) is 11.5. The van der Waals surface area contributed by atoms with Crippen LogP contribution in [0.4, 0.5) is 17.1 Å². The molecule has 0 fully saturated rings. The molecule has 10 aromatic carbocycles. The molecule has 0 unspecified atom stereocenters. The van der Waals surface area contributed by atoms with E-state index in [1.54, 1.807) is 0 Å². The SMILES string of the molecule is Cc1cc(N(c2ccc(-c3ccccc3)cc2-c2ccccc2)c2ccc(-c3ccc(-n4c5ccccc5c5ccccc54)cc3)c3oc4ccccc4c23)ccc1-c1ccccc1. The summed E-state index contributed by atoms with van der Waals surface area (Å²) in [5.41, 5.74) is 18.8. The summed E-state index contributed by atoms with van der Waals surface area (Å²) in [7, 11) is 0. The highest BCUT2D eigenvalue weighted by atomic mass is 16.3. The molecule has 0 aliphatic heterocycles. The van der Waals surface area contributed by atoms with E-state index in [2.05, 4.69) is 253 Å². The molecule has 0 saturated carbocycles. The van der Waals surface area contributed by atoms with Crippen molar-refractivity contribution >= 4 is 60.8 Å². The smallest absolute Gasteiger partial charge is 0.145 e. The number of rotatable bonds is 8. The van der Waals surface area contributed by atoms with Crippen LogP contribution in [0.25, 0.3) is 93.9 Å². The highest BCUT2D eigenvalue weighted by Gasteiger charge is 2.25. The molecule has 3 nitrogen and oxygen atoms in total. The zero-order valence-corrected chi connectivity index (χ0v) is 35.3. The molecule has 12 aromatic rings. The topological polar surface area (TPSA) is 21.3 Å². The minimum atomic E-state index is 0.853. The van der Waals surface area contributed by atoms with E-state index >= 15 is 0 Å². The van der Waals surface area contributed by atoms with Crippen molar-refractivity contribution in [3.8, 4) is 50.2 Å². The predicted molar refractivity (Wildman–Crippen MR) is 269 cm³/mol. The van der Waals surface area contributed by atoms with Crippen molar-refractivity contribution < 1.29 is 4.42 Å². The van der Waals surface area contributed by atoms with Gasteiger partial charge in [-0.15, -0.1) is 0 Å². The molecule has 0 aliphatic rings. The van der Waals surface area contributed by atoms with E-state index < -0.39 is 0 Å². The Hall–Kier alpha value is -8.40. The Balaban J connectivity index is 1.08. The van der Waals surface area contributed by atoms with Gasteiger partial charge in [0.25, 0.3) is 0 Å². The van der Waals surface area contributed by atoms with Gasteiger partial charge in [-0.3, -0.25) is 0 Å². The highest BCUT2D eigenvalue weighted by Crippen LogP contribution is 2.49. The standard InChI is InChI=1S/C61H42N2O/c1-41-39-48(34-35-49(41)43-19-7-3-8-20-43)63(57-37-31-46(42-17-5-2-6-18-42)40-54(57)44-21-9-4-10-22-44)58-38-36-50(61-60(58)53-25-13-16-28-59(53)64-61)45-29-32-47(33-30-45)62-55-26-14-11-23-51(55)52-24-12-15-27-56(52)62/h2-40H,1H3. The average Bonchev–Trinajstić information content (AvgIpc) is 3.92. The van der Waals surface area contributed by atoms with Gasteiger partial charge in [0.1, 0.15) is 11.2 Å². The molecule has 0 N–H and O–H groups in total. The Morgan fingerprint density at radius 1 is 0.375 bits per heavy atom. The summed E-state index contributed by atoms with van der Waals surface area (Å²) < 4.78 is 9.34. The van der Waals surface area contributed by atoms with Crippen LogP contribution in [0, 0.1) is 6.92 Å². The van der Waals surface area contributed by atoms with E-state index in [9.17, 15) is 0 Å². The van der Waals surface area contributed by atoms with E-state index in [0.717, 1.165) is 72.5 Å². The molecular formula is C61H42N2O. The summed E-state index contributed by atoms with van der Waals surface area (Å²) in [6.07, 6.45) is 0. The maximum absolute atomic E-state index is 6.98. The molecule has 0 spiro atoms. The fraction of sp³-hybridized carbons (Fsp3) is 0.0164. The van der Waals surface area contributed by atoms with Crippen LogP contribution in [-0.2, 0) is 0 Å². The molecule has 0 aliphatic carbocycles. The fourth-order valence-electron chi connectivity index (χ4n) is 9.74. The molecule has 2 heterocycles. The summed E-state index contributed by atoms with van der Waals surface area (Å²) in [6, 6.07) is 85.1. The van der Waals surface area contributed by atoms with E-state index in [-0.39, 0.29) is 0 Å². The second kappa shape index (κ2) is 15.5. The van der Waals surface area contributed by atoms with Crippen LogP contribution >= 0.6 is 0 Å². The van der Waals surface area contributed by atoms with Crippen molar-refractivity contribution in [2.24, 2.45) is 0 Å². The largest absolute Gasteiger partial charge is 0.455 e. The van der Waals surface area contributed by atoms with Crippen molar-refractivity contribution in [2.75, 3.05) is 4.90 Å². The number of aryl methyl sites for hydroxylation is 1. The van der Waals surface area contributed by atoms with E-state index in [0.29, 0.717) is 0 Å². The molecule has 0 amide bonds. The van der Waals surface area contributed by atoms with Gasteiger partial charge in [0, 0.05) is 38.7 Å². The Labute approximate surface area is 372 Å². The first-order chi connectivity index (χ1) is 31.7. The second-order valence-electron chi connectivity index (χ2n) is 16.5. The maximum Gasteiger partial charge on any atom is 0.145 e. The van der Waals surface area contributed by atoms with Gasteiger partial charge in [0.15, 0.2) is 0 Å². The van der Waals surface area contributed by atoms with Crippen molar-refractivity contribution in [2.45, 2.75) is 6.92 Å². The number of hydrogen-bond acceptors (Lipinski definition) is 2. The third-order valence-corrected chi connectivity index (χ3v) is 12.7. The lowest BCUT2D eigenvalue weighted by Crippen LogP contribution is -2.12. The number of anilines is 3. The summed E-state index contributed by atoms with van der Waals surface area (Å²) in [5.74, 6) is 0. The van der Waals surface area contributed by atoms with Crippen LogP contribution < -0.4 is 4.90 Å². The molecule has 3 heteroatoms. The van der Waals surface area contributed by atoms with Crippen LogP contribution in [0.3, 0.4) is 0 Å². The average molecular weight is 819 g/mol. The third-order valence-electron chi connectivity index (χ3n) is 12.7. The van der Waals surface area contributed by atoms with Crippen molar-refractivity contribution in [3.05, 3.63) is 242 Å². The monoisotopic (exact) mass is 818 g/mol. The summed E-state index contributed by atoms with van der Waals surface area (Å²) in [4.78, 5) is 2.44. The van der Waals surface area contributed by atoms with Gasteiger partial charge in [-0.2, -0.15) is 0 Å². The quantitative estimate of drug-likeness (QED) is 0.152. The molecule has 0 radical (unpaired) electrons. The van der Waals surface area contributed by atoms with E-state index in [1.807, 2.05) is 0 Å². The number of hydrogen-bond donors (Lipinski definition) is 0. The highest BCUT2D eigenvalue weighted by molar-refractivity contribution is 6.17. The summed E-state index contributed by atoms with van der Waals surface area (Å²) >= 11 is 0. The fourth-order valence-corrected chi connectivity index (χ4v) is 9.74. The maximum atomic E-state index is 6.98. The lowest BCUT2D eigenvalue weighted by atomic mass is 9.94. The first-order valence-electron chi connectivity index (χ1n) is 21.9. The number of aromatic nitrogens is 1. The Kier molecular flexibility index (Phi) is 9.05. The van der Waals surface area contributed by atoms with Gasteiger partial charge in [-0.25, -0.2) is 0 Å². The van der Waals surface area contributed by atoms with E-state index in [1.165, 1.54) is 44.1 Å². The van der Waals surface area contributed by atoms with Gasteiger partial charge in [0.2, 0.25) is 0 Å². The minimum absolute atomic E-state index is 0.853. The Morgan fingerprint density at radius 2 is 0.891 bits per heavy atom. The summed E-state index contributed by atoms with van der Waals surface area (Å²) in [5, 5.41) is 4.64. The lowest BCUT2D eigenvalue weighted by Gasteiger charge is -2.30. The molecule has 12 rings (SSSR count). The summed E-state index contributed by atoms with van der Waals surface area (Å²) in [6.45, 7) is 2.22. The van der Waals surface area contributed by atoms with Crippen molar-refractivity contribution in [1.82, 2.24) is 4.57 Å². The van der Waals surface area contributed by atoms with E-state index in [4.69, 9.17) is 4.42 Å². The van der Waals surface area contributed by atoms with Crippen LogP contribution in [0.2, 0.25) is 0 Å². The van der Waals surface area contributed by atoms with Gasteiger partial charge >= 0.3 is 0 Å². The van der Waals surface area contributed by atoms with Gasteiger partial charge < -0.3 is 13.9 Å². The zero-order chi connectivity index (χ0) is 42.6. The Morgan fingerprint density at radius 3 is 1.55 bits per heavy atom. The van der Waals surface area contributed by atoms with Gasteiger partial charge in [0.05, 0.1) is 27.8 Å². The van der Waals surface area contributed by atoms with Crippen molar-refractivity contribution in [3.63, 3.8) is 0 Å². The first-order valence-corrected chi connectivity index (χ1v) is 21.9. The zero-order valence-electron chi connectivity index (χ0n) is 35.3. The third kappa shape index (κ3) is 6.29. The second-order valence-corrected chi connectivity index (χ2v) is 16.5. The van der Waals surface area contributed by atoms with Crippen LogP contribution in [0.15, 0.2) is 241 Å². The molecule has 0 bridgehead atoms. The van der Waals surface area contributed by atoms with Gasteiger partial charge in [-0.1, -0.05) is 170 Å². The number of nitrogens with zero attached hydrogens (tertiary/aromatic N) is 2. The van der Waals surface area contributed by atoms with Crippen LogP contribution in [-0.4, -0.2) is 4.57 Å². The van der Waals surface area contributed by atoms with Crippen LogP contribution in [0.5, 0.6) is 0 Å². The van der Waals surface area contributed by atoms with Crippen LogP contribution in [0.1, 0.15) is 5.56 Å². The molecule has 302 valence electrons. The lowest BCUT2D eigenvalue weighted by molar-refractivity contribution is 0.670. The predicted octanol–water partition coefficient (Wildman–Crippen LogP) is 17.1. The molecule has 64 heavy (non-hydrogen) atoms. The minimum Gasteiger partial charge on any atom is -0.455 e. The first kappa shape index (κ1) is 37.4. The van der Waals surface area contributed by atoms with Gasteiger partial charge in [-0.05, 0) is 113 Å².